The summed E-state index contributed by atoms with van der Waals surface area (Å²) >= 11 is 1.53. The molecule has 1 unspecified atom stereocenters. The van der Waals surface area contributed by atoms with Gasteiger partial charge in [0.05, 0.1) is 18.5 Å². The van der Waals surface area contributed by atoms with Crippen LogP contribution in [-0.2, 0) is 26.0 Å². The Morgan fingerprint density at radius 1 is 1.10 bits per heavy atom. The Balaban J connectivity index is 0.00000588. The Bertz CT molecular complexity index is 1250. The maximum atomic E-state index is 13.3. The Labute approximate surface area is 261 Å². The fourth-order valence-electron chi connectivity index (χ4n) is 5.30. The summed E-state index contributed by atoms with van der Waals surface area (Å²) < 4.78 is 31.3. The molecule has 2 N–H and O–H groups in total. The molecule has 1 fully saturated rings. The Morgan fingerprint density at radius 2 is 1.80 bits per heavy atom. The number of carboxylic acid groups (broad SMARTS) is 1. The van der Waals surface area contributed by atoms with Crippen LogP contribution in [0.15, 0.2) is 42.5 Å². The molecule has 0 aliphatic heterocycles. The molecule has 1 saturated carbocycles. The van der Waals surface area contributed by atoms with Crippen LogP contribution in [0.5, 0.6) is 0 Å². The van der Waals surface area contributed by atoms with Crippen LogP contribution in [0, 0.1) is 12.8 Å². The number of carbonyl (C=O) groups excluding carboxylic acids is 1. The van der Waals surface area contributed by atoms with Gasteiger partial charge in [-0.3, -0.25) is 4.79 Å². The van der Waals surface area contributed by atoms with Crippen molar-refractivity contribution in [2.45, 2.75) is 77.5 Å². The average Bonchev–Trinajstić information content (AvgIpc) is 2.94. The molecule has 0 radical (unpaired) electrons. The van der Waals surface area contributed by atoms with Crippen LogP contribution in [0.2, 0.25) is 0 Å². The molecule has 1 amide bonds. The molecule has 41 heavy (non-hydrogen) atoms. The number of carboxylic acids is 1. The van der Waals surface area contributed by atoms with Crippen molar-refractivity contribution in [2.75, 3.05) is 23.5 Å². The topological polar surface area (TPSA) is 110 Å². The molecule has 1 aliphatic carbocycles. The van der Waals surface area contributed by atoms with Crippen LogP contribution < -0.4 is 5.32 Å². The Hall–Kier alpha value is -1.76. The van der Waals surface area contributed by atoms with Crippen molar-refractivity contribution < 1.29 is 27.9 Å². The van der Waals surface area contributed by atoms with Crippen molar-refractivity contribution in [3.8, 4) is 11.1 Å². The summed E-state index contributed by atoms with van der Waals surface area (Å²) in [5.41, 5.74) is 3.76. The number of rotatable bonds is 15. The number of amides is 1. The fourth-order valence-corrected chi connectivity index (χ4v) is 6.81. The second kappa shape index (κ2) is 17.4. The first-order valence-corrected chi connectivity index (χ1v) is 17.4. The van der Waals surface area contributed by atoms with E-state index < -0.39 is 27.8 Å². The summed E-state index contributed by atoms with van der Waals surface area (Å²) in [7, 11) is -3.20. The SMILES string of the molecule is CCS(=O)(=O)CC(CC1CCCCC1)OCc1ccc(C(=O)N[C@@H](CCSC)C(=O)O)c(-c2ccccc2C)c1.[LiH]. The van der Waals surface area contributed by atoms with E-state index in [0.717, 1.165) is 36.0 Å². The summed E-state index contributed by atoms with van der Waals surface area (Å²) in [6.07, 6.45) is 8.40. The average molecular weight is 598 g/mol. The molecular formula is C31H44LiNO6S2. The number of benzene rings is 2. The first-order valence-electron chi connectivity index (χ1n) is 14.2. The van der Waals surface area contributed by atoms with E-state index in [1.165, 1.54) is 31.0 Å². The molecule has 10 heteroatoms. The van der Waals surface area contributed by atoms with E-state index in [1.54, 1.807) is 19.1 Å². The van der Waals surface area contributed by atoms with Crippen LogP contribution in [0.3, 0.4) is 0 Å². The summed E-state index contributed by atoms with van der Waals surface area (Å²) in [6, 6.07) is 12.2. The third-order valence-corrected chi connectivity index (χ3v) is 10.1. The van der Waals surface area contributed by atoms with Gasteiger partial charge in [-0.1, -0.05) is 69.4 Å². The minimum absolute atomic E-state index is 0. The number of hydrogen-bond donors (Lipinski definition) is 2. The zero-order valence-corrected chi connectivity index (χ0v) is 25.5. The molecule has 2 aromatic carbocycles. The molecule has 2 atom stereocenters. The van der Waals surface area contributed by atoms with Crippen LogP contribution in [0.1, 0.15) is 73.4 Å². The molecule has 3 rings (SSSR count). The van der Waals surface area contributed by atoms with Crippen LogP contribution in [0.4, 0.5) is 0 Å². The molecule has 2 aromatic rings. The number of carbonyl (C=O) groups is 2. The quantitative estimate of drug-likeness (QED) is 0.270. The number of nitrogens with one attached hydrogen (secondary N) is 1. The van der Waals surface area contributed by atoms with Gasteiger partial charge in [0.15, 0.2) is 9.84 Å². The van der Waals surface area contributed by atoms with Crippen molar-refractivity contribution in [3.63, 3.8) is 0 Å². The van der Waals surface area contributed by atoms with E-state index in [9.17, 15) is 23.1 Å². The van der Waals surface area contributed by atoms with E-state index in [4.69, 9.17) is 4.74 Å². The van der Waals surface area contributed by atoms with E-state index in [2.05, 4.69) is 5.32 Å². The Morgan fingerprint density at radius 3 is 2.44 bits per heavy atom. The van der Waals surface area contributed by atoms with Crippen molar-refractivity contribution in [2.24, 2.45) is 5.92 Å². The minimum atomic E-state index is -3.20. The number of thioether (sulfide) groups is 1. The van der Waals surface area contributed by atoms with E-state index in [1.807, 2.05) is 43.5 Å². The molecule has 7 nitrogen and oxygen atoms in total. The summed E-state index contributed by atoms with van der Waals surface area (Å²) in [6.45, 7) is 3.86. The standard InChI is InChI=1S/C31H43NO6S2.Li.H/c1-4-40(36,37)21-25(18-23-11-6-5-7-12-23)38-20-24-14-15-27(28(19-24)26-13-9-8-10-22(26)2)30(33)32-29(31(34)35)16-17-39-3;;/h8-10,13-15,19,23,25,29H,4-7,11-12,16-18,20-21H2,1-3H3,(H,32,33)(H,34,35);;/t25?,29-;;/m0../s1. The second-order valence-electron chi connectivity index (χ2n) is 10.7. The third-order valence-electron chi connectivity index (χ3n) is 7.66. The van der Waals surface area contributed by atoms with Crippen molar-refractivity contribution >= 4 is 52.3 Å². The van der Waals surface area contributed by atoms with Gasteiger partial charge in [-0.25, -0.2) is 13.2 Å². The van der Waals surface area contributed by atoms with E-state index in [-0.39, 0.29) is 43.1 Å². The molecule has 0 bridgehead atoms. The second-order valence-corrected chi connectivity index (χ2v) is 14.1. The molecule has 0 saturated heterocycles. The predicted molar refractivity (Wildman–Crippen MR) is 170 cm³/mol. The van der Waals surface area contributed by atoms with Gasteiger partial charge < -0.3 is 15.2 Å². The molecular weight excluding hydrogens is 553 g/mol. The van der Waals surface area contributed by atoms with Crippen LogP contribution in [-0.4, -0.2) is 79.9 Å². The molecule has 222 valence electrons. The van der Waals surface area contributed by atoms with Gasteiger partial charge in [0, 0.05) is 11.3 Å². The monoisotopic (exact) mass is 597 g/mol. The van der Waals surface area contributed by atoms with Gasteiger partial charge in [0.2, 0.25) is 0 Å². The van der Waals surface area contributed by atoms with Crippen LogP contribution >= 0.6 is 11.8 Å². The summed E-state index contributed by atoms with van der Waals surface area (Å²) in [5, 5.41) is 12.3. The van der Waals surface area contributed by atoms with Gasteiger partial charge in [0.25, 0.3) is 5.91 Å². The number of hydrogen-bond acceptors (Lipinski definition) is 6. The van der Waals surface area contributed by atoms with Gasteiger partial charge in [-0.15, -0.1) is 0 Å². The van der Waals surface area contributed by atoms with Crippen LogP contribution in [0.25, 0.3) is 11.1 Å². The zero-order chi connectivity index (χ0) is 29.1. The normalized spacial score (nSPS) is 15.5. The van der Waals surface area contributed by atoms with Gasteiger partial charge >= 0.3 is 24.8 Å². The fraction of sp³-hybridized carbons (Fsp3) is 0.548. The van der Waals surface area contributed by atoms with Gasteiger partial charge in [-0.05, 0) is 72.1 Å². The maximum absolute atomic E-state index is 13.3. The number of sulfone groups is 1. The number of aliphatic carboxylic acids is 1. The van der Waals surface area contributed by atoms with Crippen molar-refractivity contribution in [1.29, 1.82) is 0 Å². The predicted octanol–water partition coefficient (Wildman–Crippen LogP) is 5.24. The van der Waals surface area contributed by atoms with E-state index >= 15 is 0 Å². The number of ether oxygens (including phenoxy) is 1. The first kappa shape index (κ1) is 35.4. The number of aryl methyl sites for hydroxylation is 1. The molecule has 0 heterocycles. The van der Waals surface area contributed by atoms with Crippen molar-refractivity contribution in [1.82, 2.24) is 5.32 Å². The summed E-state index contributed by atoms with van der Waals surface area (Å²) in [4.78, 5) is 25.1. The zero-order valence-electron chi connectivity index (χ0n) is 23.9. The van der Waals surface area contributed by atoms with E-state index in [0.29, 0.717) is 29.2 Å². The molecule has 0 spiro atoms. The summed E-state index contributed by atoms with van der Waals surface area (Å²) in [5.74, 6) is -0.300. The van der Waals surface area contributed by atoms with Gasteiger partial charge in [0.1, 0.15) is 6.04 Å². The van der Waals surface area contributed by atoms with Gasteiger partial charge in [-0.2, -0.15) is 11.8 Å². The molecule has 1 aliphatic rings. The van der Waals surface area contributed by atoms with Crippen molar-refractivity contribution in [3.05, 3.63) is 59.2 Å². The third kappa shape index (κ3) is 11.1. The Kier molecular flexibility index (Phi) is 15.0. The molecule has 0 aromatic heterocycles. The first-order chi connectivity index (χ1) is 19.1.